The minimum absolute atomic E-state index is 0. The smallest absolute Gasteiger partial charge is 0.416 e. The van der Waals surface area contributed by atoms with Crippen LogP contribution < -0.4 is 45.7 Å². The summed E-state index contributed by atoms with van der Waals surface area (Å²) >= 11 is 1.79. The predicted octanol–water partition coefficient (Wildman–Crippen LogP) is 8.27. The Morgan fingerprint density at radius 3 is 1.13 bits per heavy atom. The van der Waals surface area contributed by atoms with Gasteiger partial charge in [0, 0.05) is 0 Å². The quantitative estimate of drug-likeness (QED) is 0.104. The van der Waals surface area contributed by atoms with Crippen LogP contribution in [0.2, 0.25) is 12.6 Å². The fourth-order valence-corrected chi connectivity index (χ4v) is 13.7. The summed E-state index contributed by atoms with van der Waals surface area (Å²) in [6, 6.07) is 15.0. The zero-order valence-corrected chi connectivity index (χ0v) is 43.1. The van der Waals surface area contributed by atoms with Gasteiger partial charge in [-0.2, -0.15) is 52.7 Å². The molecule has 0 atom stereocenters. The van der Waals surface area contributed by atoms with Crippen molar-refractivity contribution in [2.24, 2.45) is 22.7 Å². The molecule has 0 nitrogen and oxygen atoms in total. The molecule has 0 heterocycles. The van der Waals surface area contributed by atoms with E-state index in [1.807, 2.05) is 12.2 Å². The van der Waals surface area contributed by atoms with Crippen LogP contribution in [0.1, 0.15) is 99.8 Å². The number of hydrogen-bond donors (Lipinski definition) is 0. The molecule has 10 rings (SSSR count). The summed E-state index contributed by atoms with van der Waals surface area (Å²) < 4.78 is 160. The van der Waals surface area contributed by atoms with Crippen molar-refractivity contribution in [2.75, 3.05) is 0 Å². The summed E-state index contributed by atoms with van der Waals surface area (Å²) in [4.78, 5) is 0. The Labute approximate surface area is 427 Å². The molecule has 0 amide bonds. The molecule has 4 aromatic carbocycles. The summed E-state index contributed by atoms with van der Waals surface area (Å²) in [7, 11) is 0. The maximum atomic E-state index is 13.3. The van der Waals surface area contributed by atoms with Gasteiger partial charge in [-0.05, 0) is 83.0 Å². The van der Waals surface area contributed by atoms with E-state index in [0.29, 0.717) is 32.0 Å². The van der Waals surface area contributed by atoms with E-state index >= 15 is 0 Å². The molecule has 70 heavy (non-hydrogen) atoms. The third kappa shape index (κ3) is 12.7. The number of hydrogen-bond acceptors (Lipinski definition) is 0. The molecule has 0 aliphatic heterocycles. The molecule has 6 aliphatic rings. The van der Waals surface area contributed by atoms with Crippen molar-refractivity contribution in [1.82, 2.24) is 0 Å². The monoisotopic (exact) mass is 1110 g/mol. The van der Waals surface area contributed by atoms with Crippen LogP contribution in [0.25, 0.3) is 46.6 Å². The zero-order chi connectivity index (χ0) is 49.0. The van der Waals surface area contributed by atoms with Gasteiger partial charge in [-0.25, -0.2) is 0 Å². The van der Waals surface area contributed by atoms with Crippen molar-refractivity contribution in [2.45, 2.75) is 115 Å². The third-order valence-corrected chi connectivity index (χ3v) is 17.4. The first-order chi connectivity index (χ1) is 31.8. The zero-order valence-electron chi connectivity index (χ0n) is 38.2. The van der Waals surface area contributed by atoms with Crippen LogP contribution in [-0.4, -0.2) is 5.43 Å². The molecule has 0 N–H and O–H groups in total. The number of fused-ring (bicyclic) bond motifs is 6. The molecule has 372 valence electrons. The van der Waals surface area contributed by atoms with Gasteiger partial charge in [0.15, 0.2) is 0 Å². The minimum atomic E-state index is -4.87. The molecular formula is C54H48Cl2F12SiZr-2. The largest absolute Gasteiger partial charge is 1.00 e. The minimum Gasteiger partial charge on any atom is -1.00 e. The molecule has 0 spiro atoms. The Morgan fingerprint density at radius 2 is 0.886 bits per heavy atom. The molecule has 16 heteroatoms. The number of halogens is 14. The van der Waals surface area contributed by atoms with Crippen molar-refractivity contribution in [3.63, 3.8) is 0 Å². The van der Waals surface area contributed by atoms with Crippen LogP contribution in [0.15, 0.2) is 96.1 Å². The molecule has 4 saturated carbocycles. The second-order valence-electron chi connectivity index (χ2n) is 19.4. The van der Waals surface area contributed by atoms with Gasteiger partial charge in [0.25, 0.3) is 0 Å². The Hall–Kier alpha value is -3.32. The van der Waals surface area contributed by atoms with Crippen LogP contribution >= 0.6 is 0 Å². The van der Waals surface area contributed by atoms with Gasteiger partial charge in [0.05, 0.1) is 22.3 Å². The van der Waals surface area contributed by atoms with Crippen molar-refractivity contribution >= 4 is 29.7 Å². The summed E-state index contributed by atoms with van der Waals surface area (Å²) in [6.07, 6.45) is 8.31. The molecule has 4 bridgehead atoms. The first kappa shape index (κ1) is 56.0. The number of benzene rings is 4. The van der Waals surface area contributed by atoms with Gasteiger partial charge in [-0.1, -0.05) is 86.8 Å². The SMILES string of the molecule is CCC[Si](C)=[Zr+2].FC(F)(F)c1cc(-c2cccc3c2=CC(=CC24CCC(CC2)C4)[C-]=3)cc(C(F)(F)F)c1.FC(F)(F)c1cc(-c2cccc3c2=CC(=CC24CCC(CC2)C4)[C-]=3)cc(C(F)(F)F)c1.[Cl-].[Cl-]. The van der Waals surface area contributed by atoms with Gasteiger partial charge < -0.3 is 24.8 Å². The van der Waals surface area contributed by atoms with Crippen LogP contribution in [-0.2, 0) is 48.0 Å². The van der Waals surface area contributed by atoms with Crippen molar-refractivity contribution < 1.29 is 101 Å². The van der Waals surface area contributed by atoms with E-state index in [9.17, 15) is 52.7 Å². The second kappa shape index (κ2) is 21.3. The summed E-state index contributed by atoms with van der Waals surface area (Å²) in [5.41, 5.74) is -2.48. The van der Waals surface area contributed by atoms with E-state index < -0.39 is 47.0 Å². The van der Waals surface area contributed by atoms with Gasteiger partial charge in [0.1, 0.15) is 0 Å². The molecule has 0 unspecified atom stereocenters. The Balaban J connectivity index is 0.000000201. The summed E-state index contributed by atoms with van der Waals surface area (Å²) in [5.74, 6) is 1.53. The maximum Gasteiger partial charge on any atom is 0.416 e. The van der Waals surface area contributed by atoms with Crippen LogP contribution in [0, 0.1) is 22.7 Å². The van der Waals surface area contributed by atoms with Gasteiger partial charge >= 0.3 is 79.4 Å². The van der Waals surface area contributed by atoms with Gasteiger partial charge in [0.2, 0.25) is 0 Å². The molecule has 0 saturated heterocycles. The Kier molecular flexibility index (Phi) is 17.0. The van der Waals surface area contributed by atoms with Gasteiger partial charge in [-0.15, -0.1) is 80.6 Å². The average Bonchev–Trinajstić information content (AvgIpc) is 4.13. The standard InChI is InChI=1S/2C25H19F6.C4H10Si.2ClH.Zr/c2*26-24(27,28)19-10-18(11-20(12-19)25(29,30)31)21-3-1-2-17-8-16(9-22(17)21)14-23-6-4-15(13-23)5-7-23;1-3-4-5-2;;;/h2*1-3,9-12,14-15H,4-7,13H2;3-4H2,1-2H3;2*1H;/q2*-1;;;;+2/p-2. The fraction of sp³-hybridized carbons (Fsp3) is 0.407. The average molecular weight is 1120 g/mol. The van der Waals surface area contributed by atoms with Crippen molar-refractivity contribution in [1.29, 1.82) is 0 Å². The number of allylic oxidation sites excluding steroid dienone is 4. The van der Waals surface area contributed by atoms with Crippen molar-refractivity contribution in [3.05, 3.63) is 139 Å². The molecule has 4 aromatic rings. The third-order valence-electron chi connectivity index (χ3n) is 14.3. The Bertz CT molecular complexity index is 2670. The normalized spacial score (nSPS) is 23.9. The Morgan fingerprint density at radius 1 is 0.557 bits per heavy atom. The maximum absolute atomic E-state index is 13.3. The predicted molar refractivity (Wildman–Crippen MR) is 239 cm³/mol. The van der Waals surface area contributed by atoms with Crippen molar-refractivity contribution in [3.8, 4) is 22.3 Å². The summed E-state index contributed by atoms with van der Waals surface area (Å²) in [6.45, 7) is 4.66. The first-order valence-corrected chi connectivity index (χ1v) is 28.8. The number of rotatable bonds is 6. The van der Waals surface area contributed by atoms with E-state index in [4.69, 9.17) is 0 Å². The van der Waals surface area contributed by atoms with Gasteiger partial charge in [-0.3, -0.25) is 0 Å². The molecule has 6 aliphatic carbocycles. The molecule has 0 aromatic heterocycles. The second-order valence-corrected chi connectivity index (χ2v) is 27.8. The van der Waals surface area contributed by atoms with E-state index in [0.717, 1.165) is 85.8 Å². The van der Waals surface area contributed by atoms with Crippen LogP contribution in [0.3, 0.4) is 0 Å². The van der Waals surface area contributed by atoms with E-state index in [1.165, 1.54) is 38.1 Å². The van der Waals surface area contributed by atoms with E-state index in [2.05, 4.69) is 37.8 Å². The molecule has 0 radical (unpaired) electrons. The summed E-state index contributed by atoms with van der Waals surface area (Å²) in [5, 5.41) is 2.62. The first-order valence-electron chi connectivity index (χ1n) is 22.9. The van der Waals surface area contributed by atoms with Crippen LogP contribution in [0.4, 0.5) is 52.7 Å². The van der Waals surface area contributed by atoms with E-state index in [1.54, 1.807) is 59.7 Å². The van der Waals surface area contributed by atoms with E-state index in [-0.39, 0.29) is 64.3 Å². The topological polar surface area (TPSA) is 0 Å². The number of alkyl halides is 12. The molecular weight excluding hydrogens is 1070 g/mol. The fourth-order valence-electron chi connectivity index (χ4n) is 11.1. The van der Waals surface area contributed by atoms with Crippen LogP contribution in [0.5, 0.6) is 0 Å². The molecule has 4 fully saturated rings.